The predicted molar refractivity (Wildman–Crippen MR) is 47.9 cm³/mol. The molecule has 0 fully saturated rings. The van der Waals surface area contributed by atoms with E-state index in [9.17, 15) is 4.79 Å². The molecule has 0 rings (SSSR count). The van der Waals surface area contributed by atoms with Crippen molar-refractivity contribution < 1.29 is 9.90 Å². The van der Waals surface area contributed by atoms with Crippen LogP contribution in [0.4, 0.5) is 0 Å². The van der Waals surface area contributed by atoms with E-state index in [1.165, 1.54) is 0 Å². The molecule has 4 heteroatoms. The molecule has 0 aliphatic rings. The van der Waals surface area contributed by atoms with E-state index < -0.39 is 6.10 Å². The van der Waals surface area contributed by atoms with E-state index in [1.54, 1.807) is 6.92 Å². The Morgan fingerprint density at radius 2 is 2.17 bits per heavy atom. The minimum absolute atomic E-state index is 0.00963. The molecule has 0 heterocycles. The fourth-order valence-corrected chi connectivity index (χ4v) is 0.675. The molecule has 0 unspecified atom stereocenters. The lowest BCUT2D eigenvalue weighted by molar-refractivity contribution is -0.121. The highest BCUT2D eigenvalue weighted by atomic mass is 16.3. The van der Waals surface area contributed by atoms with E-state index >= 15 is 0 Å². The van der Waals surface area contributed by atoms with Crippen LogP contribution in [0, 0.1) is 0 Å². The van der Waals surface area contributed by atoms with Crippen LogP contribution in [0.25, 0.3) is 0 Å². The minimum atomic E-state index is -0.465. The van der Waals surface area contributed by atoms with Gasteiger partial charge in [0.1, 0.15) is 0 Å². The van der Waals surface area contributed by atoms with Gasteiger partial charge in [0, 0.05) is 19.5 Å². The summed E-state index contributed by atoms with van der Waals surface area (Å²) in [6, 6.07) is 0. The van der Waals surface area contributed by atoms with Gasteiger partial charge in [-0.3, -0.25) is 4.79 Å². The zero-order valence-electron chi connectivity index (χ0n) is 8.00. The minimum Gasteiger partial charge on any atom is -0.392 e. The Morgan fingerprint density at radius 3 is 2.58 bits per heavy atom. The topological polar surface area (TPSA) is 52.6 Å². The number of hydrogen-bond acceptors (Lipinski definition) is 3. The standard InChI is InChI=1S/C8H18N2O2/c1-7(11)6-9-8(12)4-5-10(2)3/h7,11H,4-6H2,1-3H3,(H,9,12)/t7-/m0/s1. The number of rotatable bonds is 5. The third kappa shape index (κ3) is 7.50. The van der Waals surface area contributed by atoms with Gasteiger partial charge >= 0.3 is 0 Å². The number of nitrogens with one attached hydrogen (secondary N) is 1. The van der Waals surface area contributed by atoms with Crippen LogP contribution < -0.4 is 5.32 Å². The van der Waals surface area contributed by atoms with E-state index in [4.69, 9.17) is 5.11 Å². The molecule has 12 heavy (non-hydrogen) atoms. The van der Waals surface area contributed by atoms with E-state index in [-0.39, 0.29) is 5.91 Å². The quantitative estimate of drug-likeness (QED) is 0.587. The largest absolute Gasteiger partial charge is 0.392 e. The van der Waals surface area contributed by atoms with Gasteiger partial charge in [0.25, 0.3) is 0 Å². The molecule has 0 aliphatic carbocycles. The van der Waals surface area contributed by atoms with Crippen molar-refractivity contribution >= 4 is 5.91 Å². The predicted octanol–water partition coefficient (Wildman–Crippen LogP) is -0.565. The van der Waals surface area contributed by atoms with Crippen molar-refractivity contribution in [3.8, 4) is 0 Å². The summed E-state index contributed by atoms with van der Waals surface area (Å²) in [6.45, 7) is 2.73. The first-order valence-electron chi connectivity index (χ1n) is 4.12. The Balaban J connectivity index is 3.34. The van der Waals surface area contributed by atoms with E-state index in [1.807, 2.05) is 19.0 Å². The summed E-state index contributed by atoms with van der Waals surface area (Å²) >= 11 is 0. The van der Waals surface area contributed by atoms with Crippen molar-refractivity contribution in [3.63, 3.8) is 0 Å². The molecule has 1 amide bonds. The lowest BCUT2D eigenvalue weighted by Gasteiger charge is -2.10. The number of aliphatic hydroxyl groups excluding tert-OH is 1. The van der Waals surface area contributed by atoms with Crippen molar-refractivity contribution in [2.24, 2.45) is 0 Å². The van der Waals surface area contributed by atoms with Crippen LogP contribution in [0.15, 0.2) is 0 Å². The zero-order chi connectivity index (χ0) is 9.56. The van der Waals surface area contributed by atoms with Crippen LogP contribution in [0.1, 0.15) is 13.3 Å². The second-order valence-electron chi connectivity index (χ2n) is 3.21. The molecule has 0 aromatic rings. The molecule has 0 saturated heterocycles. The summed E-state index contributed by atoms with van der Waals surface area (Å²) in [7, 11) is 3.84. The number of aliphatic hydroxyl groups is 1. The van der Waals surface area contributed by atoms with Crippen LogP contribution in [0.5, 0.6) is 0 Å². The van der Waals surface area contributed by atoms with Crippen molar-refractivity contribution in [1.29, 1.82) is 0 Å². The van der Waals surface area contributed by atoms with Crippen LogP contribution in [-0.2, 0) is 4.79 Å². The molecule has 0 saturated carbocycles. The first-order chi connectivity index (χ1) is 5.52. The van der Waals surface area contributed by atoms with Crippen molar-refractivity contribution in [3.05, 3.63) is 0 Å². The van der Waals surface area contributed by atoms with Gasteiger partial charge in [-0.05, 0) is 21.0 Å². The maximum Gasteiger partial charge on any atom is 0.221 e. The number of hydrogen-bond donors (Lipinski definition) is 2. The molecule has 1 atom stereocenters. The monoisotopic (exact) mass is 174 g/mol. The molecule has 0 bridgehead atoms. The van der Waals surface area contributed by atoms with Gasteiger partial charge in [0.15, 0.2) is 0 Å². The van der Waals surface area contributed by atoms with Gasteiger partial charge in [-0.25, -0.2) is 0 Å². The Bertz CT molecular complexity index is 121. The first kappa shape index (κ1) is 11.4. The van der Waals surface area contributed by atoms with Gasteiger partial charge in [-0.15, -0.1) is 0 Å². The SMILES string of the molecule is C[C@H](O)CNC(=O)CCN(C)C. The fraction of sp³-hybridized carbons (Fsp3) is 0.875. The normalized spacial score (nSPS) is 13.1. The molecular weight excluding hydrogens is 156 g/mol. The van der Waals surface area contributed by atoms with Crippen LogP contribution in [-0.4, -0.2) is 49.2 Å². The third-order valence-corrected chi connectivity index (χ3v) is 1.38. The smallest absolute Gasteiger partial charge is 0.221 e. The molecule has 4 nitrogen and oxygen atoms in total. The Hall–Kier alpha value is -0.610. The van der Waals surface area contributed by atoms with Gasteiger partial charge in [-0.2, -0.15) is 0 Å². The first-order valence-corrected chi connectivity index (χ1v) is 4.12. The summed E-state index contributed by atoms with van der Waals surface area (Å²) < 4.78 is 0. The van der Waals surface area contributed by atoms with Gasteiger partial charge in [0.2, 0.25) is 5.91 Å². The fourth-order valence-electron chi connectivity index (χ4n) is 0.675. The van der Waals surface area contributed by atoms with E-state index in [0.717, 1.165) is 6.54 Å². The zero-order valence-corrected chi connectivity index (χ0v) is 8.00. The van der Waals surface area contributed by atoms with Crippen LogP contribution >= 0.6 is 0 Å². The lowest BCUT2D eigenvalue weighted by Crippen LogP contribution is -2.32. The van der Waals surface area contributed by atoms with Crippen LogP contribution in [0.3, 0.4) is 0 Å². The van der Waals surface area contributed by atoms with Crippen molar-refractivity contribution in [1.82, 2.24) is 10.2 Å². The van der Waals surface area contributed by atoms with Crippen molar-refractivity contribution in [2.45, 2.75) is 19.4 Å². The van der Waals surface area contributed by atoms with Crippen molar-refractivity contribution in [2.75, 3.05) is 27.2 Å². The molecule has 0 radical (unpaired) electrons. The molecule has 0 aromatic carbocycles. The maximum absolute atomic E-state index is 11.0. The average Bonchev–Trinajstić information content (AvgIpc) is 1.96. The number of carbonyl (C=O) groups excluding carboxylic acids is 1. The van der Waals surface area contributed by atoms with Gasteiger partial charge in [-0.1, -0.05) is 0 Å². The molecule has 0 spiro atoms. The summed E-state index contributed by atoms with van der Waals surface area (Å²) in [5, 5.41) is 11.5. The molecule has 72 valence electrons. The van der Waals surface area contributed by atoms with Gasteiger partial charge < -0.3 is 15.3 Å². The third-order valence-electron chi connectivity index (χ3n) is 1.38. The molecule has 2 N–H and O–H groups in total. The van der Waals surface area contributed by atoms with Crippen LogP contribution in [0.2, 0.25) is 0 Å². The summed E-state index contributed by atoms with van der Waals surface area (Å²) in [6.07, 6.45) is 0.0213. The average molecular weight is 174 g/mol. The highest BCUT2D eigenvalue weighted by molar-refractivity contribution is 5.76. The molecular formula is C8H18N2O2. The second-order valence-corrected chi connectivity index (χ2v) is 3.21. The second kappa shape index (κ2) is 5.97. The molecule has 0 aliphatic heterocycles. The number of nitrogens with zero attached hydrogens (tertiary/aromatic N) is 1. The summed E-state index contributed by atoms with van der Waals surface area (Å²) in [5.41, 5.74) is 0. The Labute approximate surface area is 73.6 Å². The summed E-state index contributed by atoms with van der Waals surface area (Å²) in [5.74, 6) is -0.00963. The van der Waals surface area contributed by atoms with E-state index in [0.29, 0.717) is 13.0 Å². The Morgan fingerprint density at radius 1 is 1.58 bits per heavy atom. The highest BCUT2D eigenvalue weighted by Gasteiger charge is 2.02. The summed E-state index contributed by atoms with van der Waals surface area (Å²) in [4.78, 5) is 12.9. The highest BCUT2D eigenvalue weighted by Crippen LogP contribution is 1.84. The lowest BCUT2D eigenvalue weighted by atomic mass is 10.3. The maximum atomic E-state index is 11.0. The molecule has 0 aromatic heterocycles. The van der Waals surface area contributed by atoms with E-state index in [2.05, 4.69) is 5.32 Å². The number of amides is 1. The Kier molecular flexibility index (Phi) is 5.66. The number of carbonyl (C=O) groups is 1. The van der Waals surface area contributed by atoms with Gasteiger partial charge in [0.05, 0.1) is 6.10 Å².